The molecule has 1 aromatic rings. The molecule has 0 unspecified atom stereocenters. The molecule has 0 aromatic carbocycles. The number of nitrogen functional groups attached to an aromatic ring is 1. The monoisotopic (exact) mass is 521 g/mol. The first-order valence-corrected chi connectivity index (χ1v) is 9.79. The van der Waals surface area contributed by atoms with Crippen LogP contribution in [0.3, 0.4) is 0 Å². The van der Waals surface area contributed by atoms with E-state index in [0.717, 1.165) is 38.9 Å². The number of halogens is 4. The molecule has 0 fully saturated rings. The highest BCUT2D eigenvalue weighted by Gasteiger charge is 1.99. The summed E-state index contributed by atoms with van der Waals surface area (Å²) in [5.41, 5.74) is 16.6. The fourth-order valence-corrected chi connectivity index (χ4v) is 2.56. The van der Waals surface area contributed by atoms with Crippen LogP contribution in [-0.2, 0) is 0 Å². The maximum absolute atomic E-state index is 7.32. The Balaban J connectivity index is -0.000000911. The van der Waals surface area contributed by atoms with Gasteiger partial charge in [0, 0.05) is 24.4 Å². The first-order valence-electron chi connectivity index (χ1n) is 9.79. The van der Waals surface area contributed by atoms with Crippen LogP contribution in [0.15, 0.2) is 23.3 Å². The van der Waals surface area contributed by atoms with Crippen molar-refractivity contribution in [3.63, 3.8) is 0 Å². The van der Waals surface area contributed by atoms with Crippen molar-refractivity contribution >= 4 is 61.4 Å². The van der Waals surface area contributed by atoms with Gasteiger partial charge in [0.1, 0.15) is 5.84 Å². The van der Waals surface area contributed by atoms with Crippen molar-refractivity contribution < 1.29 is 4.74 Å². The number of unbranched alkanes of at least 4 members (excludes halogenated alkanes) is 6. The topological polar surface area (TPSA) is 148 Å². The normalized spacial score (nSPS) is 9.16. The lowest BCUT2D eigenvalue weighted by Crippen LogP contribution is -2.22. The van der Waals surface area contributed by atoms with Crippen LogP contribution in [0.2, 0.25) is 0 Å². The van der Waals surface area contributed by atoms with Gasteiger partial charge in [-0.05, 0) is 44.8 Å². The van der Waals surface area contributed by atoms with E-state index in [2.05, 4.69) is 15.3 Å². The zero-order valence-electron chi connectivity index (χ0n) is 17.9. The van der Waals surface area contributed by atoms with E-state index < -0.39 is 0 Å². The molecule has 31 heavy (non-hydrogen) atoms. The second kappa shape index (κ2) is 25.1. The van der Waals surface area contributed by atoms with E-state index in [1.54, 1.807) is 18.3 Å². The fraction of sp³-hybridized carbons (Fsp3) is 0.632. The molecule has 0 aliphatic rings. The Morgan fingerprint density at radius 3 is 2.00 bits per heavy atom. The minimum absolute atomic E-state index is 0. The molecule has 0 aliphatic carbocycles. The number of nitrogens with zero attached hydrogens (tertiary/aromatic N) is 2. The molecule has 0 bridgehead atoms. The third kappa shape index (κ3) is 21.8. The highest BCUT2D eigenvalue weighted by atomic mass is 35.5. The molecule has 8 N–H and O–H groups in total. The quantitative estimate of drug-likeness (QED) is 0.127. The summed E-state index contributed by atoms with van der Waals surface area (Å²) < 4.78 is 5.58. The third-order valence-corrected chi connectivity index (χ3v) is 4.10. The Kier molecular flexibility index (Phi) is 30.0. The van der Waals surface area contributed by atoms with Crippen molar-refractivity contribution in [1.29, 1.82) is 5.41 Å². The molecule has 8 nitrogen and oxygen atoms in total. The van der Waals surface area contributed by atoms with Crippen molar-refractivity contribution in [2.24, 2.45) is 22.2 Å². The molecule has 0 radical (unpaired) electrons. The SMILES string of the molecule is Cl.Cl.Cl.Cl.N=C(N)c1ccc(OCCCCNCCCCCCCCN=C(N)N)nc1. The molecule has 0 atom stereocenters. The second-order valence-corrected chi connectivity index (χ2v) is 6.53. The number of amidine groups is 1. The molecule has 1 aromatic heterocycles. The molecule has 1 rings (SSSR count). The van der Waals surface area contributed by atoms with Crippen LogP contribution in [0.1, 0.15) is 56.9 Å². The van der Waals surface area contributed by atoms with Gasteiger partial charge >= 0.3 is 0 Å². The molecule has 12 heteroatoms. The fourth-order valence-electron chi connectivity index (χ4n) is 2.56. The summed E-state index contributed by atoms with van der Waals surface area (Å²) in [5.74, 6) is 0.779. The predicted octanol–water partition coefficient (Wildman–Crippen LogP) is 3.42. The van der Waals surface area contributed by atoms with Crippen LogP contribution in [-0.4, -0.2) is 43.0 Å². The van der Waals surface area contributed by atoms with E-state index in [1.807, 2.05) is 0 Å². The lowest BCUT2D eigenvalue weighted by molar-refractivity contribution is 0.294. The third-order valence-electron chi connectivity index (χ3n) is 4.10. The van der Waals surface area contributed by atoms with E-state index in [1.165, 1.54) is 32.1 Å². The minimum Gasteiger partial charge on any atom is -0.478 e. The van der Waals surface area contributed by atoms with Gasteiger partial charge in [-0.25, -0.2) is 4.98 Å². The number of rotatable bonds is 16. The minimum atomic E-state index is 0. The van der Waals surface area contributed by atoms with Gasteiger partial charge in [0.15, 0.2) is 5.96 Å². The van der Waals surface area contributed by atoms with Crippen molar-refractivity contribution in [1.82, 2.24) is 10.3 Å². The van der Waals surface area contributed by atoms with E-state index in [0.29, 0.717) is 18.1 Å². The van der Waals surface area contributed by atoms with E-state index >= 15 is 0 Å². The summed E-state index contributed by atoms with van der Waals surface area (Å²) in [7, 11) is 0. The molecule has 0 spiro atoms. The lowest BCUT2D eigenvalue weighted by atomic mass is 10.1. The highest BCUT2D eigenvalue weighted by molar-refractivity contribution is 5.94. The van der Waals surface area contributed by atoms with Gasteiger partial charge in [-0.15, -0.1) is 49.6 Å². The number of nitrogens with two attached hydrogens (primary N) is 3. The molecule has 0 saturated carbocycles. The number of ether oxygens (including phenoxy) is 1. The van der Waals surface area contributed by atoms with Gasteiger partial charge in [-0.1, -0.05) is 25.7 Å². The van der Waals surface area contributed by atoms with Gasteiger partial charge in [-0.3, -0.25) is 10.4 Å². The Labute approximate surface area is 211 Å². The highest BCUT2D eigenvalue weighted by Crippen LogP contribution is 2.08. The van der Waals surface area contributed by atoms with Crippen LogP contribution in [0.5, 0.6) is 5.88 Å². The molecule has 1 heterocycles. The molecule has 0 amide bonds. The van der Waals surface area contributed by atoms with Crippen LogP contribution >= 0.6 is 49.6 Å². The van der Waals surface area contributed by atoms with Crippen LogP contribution < -0.4 is 27.3 Å². The van der Waals surface area contributed by atoms with Crippen LogP contribution in [0.4, 0.5) is 0 Å². The lowest BCUT2D eigenvalue weighted by Gasteiger charge is -2.07. The molecule has 184 valence electrons. The van der Waals surface area contributed by atoms with Gasteiger partial charge in [0.25, 0.3) is 0 Å². The smallest absolute Gasteiger partial charge is 0.213 e. The Morgan fingerprint density at radius 1 is 0.871 bits per heavy atom. The van der Waals surface area contributed by atoms with Gasteiger partial charge < -0.3 is 27.3 Å². The standard InChI is InChI=1S/C19H35N7O.4ClH/c20-18(21)16-9-10-17(26-15-16)27-14-8-7-12-24-11-5-3-1-2-4-6-13-25-19(22)23;;;;/h9-10,15,24H,1-8,11-14H2,(H3,20,21)(H4,22,23,25);4*1H. The Bertz CT molecular complexity index is 559. The Morgan fingerprint density at radius 2 is 1.45 bits per heavy atom. The average Bonchev–Trinajstić information content (AvgIpc) is 2.65. The first-order chi connectivity index (χ1) is 13.1. The van der Waals surface area contributed by atoms with E-state index in [9.17, 15) is 0 Å². The van der Waals surface area contributed by atoms with Crippen molar-refractivity contribution in [2.75, 3.05) is 26.2 Å². The maximum Gasteiger partial charge on any atom is 0.213 e. The second-order valence-electron chi connectivity index (χ2n) is 6.53. The zero-order valence-corrected chi connectivity index (χ0v) is 21.2. The summed E-state index contributed by atoms with van der Waals surface area (Å²) in [5, 5.41) is 10.8. The summed E-state index contributed by atoms with van der Waals surface area (Å²) in [6.07, 6.45) is 10.9. The van der Waals surface area contributed by atoms with Gasteiger partial charge in [-0.2, -0.15) is 0 Å². The number of nitrogens with one attached hydrogen (secondary N) is 2. The Hall–Kier alpha value is -1.19. The number of hydrogen-bond donors (Lipinski definition) is 5. The number of pyridine rings is 1. The van der Waals surface area contributed by atoms with Crippen LogP contribution in [0.25, 0.3) is 0 Å². The molecular weight excluding hydrogens is 484 g/mol. The first kappa shape index (κ1) is 37.1. The van der Waals surface area contributed by atoms with E-state index in [4.69, 9.17) is 27.3 Å². The van der Waals surface area contributed by atoms with Crippen molar-refractivity contribution in [3.05, 3.63) is 23.9 Å². The number of hydrogen-bond acceptors (Lipinski definition) is 5. The van der Waals surface area contributed by atoms with E-state index in [-0.39, 0.29) is 61.4 Å². The number of aliphatic imine (C=N–C) groups is 1. The van der Waals surface area contributed by atoms with Crippen molar-refractivity contribution in [2.45, 2.75) is 51.4 Å². The number of aromatic nitrogens is 1. The molecular formula is C19H39Cl4N7O. The van der Waals surface area contributed by atoms with Gasteiger partial charge in [0.05, 0.1) is 6.61 Å². The predicted molar refractivity (Wildman–Crippen MR) is 140 cm³/mol. The average molecular weight is 523 g/mol. The van der Waals surface area contributed by atoms with Crippen molar-refractivity contribution in [3.8, 4) is 5.88 Å². The number of guanidine groups is 1. The summed E-state index contributed by atoms with van der Waals surface area (Å²) in [6.45, 7) is 3.48. The summed E-state index contributed by atoms with van der Waals surface area (Å²) in [6, 6.07) is 3.49. The molecule has 0 aliphatic heterocycles. The molecule has 0 saturated heterocycles. The summed E-state index contributed by atoms with van der Waals surface area (Å²) >= 11 is 0. The van der Waals surface area contributed by atoms with Gasteiger partial charge in [0.2, 0.25) is 5.88 Å². The largest absolute Gasteiger partial charge is 0.478 e. The zero-order chi connectivity index (χ0) is 19.7. The maximum atomic E-state index is 7.32. The summed E-state index contributed by atoms with van der Waals surface area (Å²) in [4.78, 5) is 8.11. The van der Waals surface area contributed by atoms with Crippen LogP contribution in [0, 0.1) is 5.41 Å².